The molecule has 2 heterocycles. The van der Waals surface area contributed by atoms with Crippen LogP contribution < -0.4 is 5.32 Å². The van der Waals surface area contributed by atoms with E-state index in [-0.39, 0.29) is 11.6 Å². The Morgan fingerprint density at radius 3 is 2.62 bits per heavy atom. The van der Waals surface area contributed by atoms with E-state index in [9.17, 15) is 9.50 Å². The van der Waals surface area contributed by atoms with Gasteiger partial charge in [-0.15, -0.1) is 0 Å². The molecule has 2 aromatic carbocycles. The molecule has 0 fully saturated rings. The Morgan fingerprint density at radius 1 is 1.03 bits per heavy atom. The molecule has 1 atom stereocenters. The molecule has 1 unspecified atom stereocenters. The van der Waals surface area contributed by atoms with E-state index in [0.717, 1.165) is 10.9 Å². The number of phenolic OH excluding ortho intramolecular Hbond substituents is 1. The van der Waals surface area contributed by atoms with Gasteiger partial charge in [-0.05, 0) is 48.7 Å². The normalized spacial score (nSPS) is 12.1. The summed E-state index contributed by atoms with van der Waals surface area (Å²) in [5, 5.41) is 15.6. The van der Waals surface area contributed by atoms with Gasteiger partial charge in [0, 0.05) is 23.3 Å². The summed E-state index contributed by atoms with van der Waals surface area (Å²) in [5.41, 5.74) is 3.14. The highest BCUT2D eigenvalue weighted by Crippen LogP contribution is 2.36. The minimum Gasteiger partial charge on any atom is -0.505 e. The number of aromatic hydroxyl groups is 1. The quantitative estimate of drug-likeness (QED) is 0.439. The molecule has 2 aromatic heterocycles. The predicted molar refractivity (Wildman–Crippen MR) is 114 cm³/mol. The summed E-state index contributed by atoms with van der Waals surface area (Å²) < 4.78 is 14.3. The van der Waals surface area contributed by atoms with Crippen molar-refractivity contribution < 1.29 is 9.50 Å². The van der Waals surface area contributed by atoms with Crippen molar-refractivity contribution >= 4 is 28.3 Å². The first-order valence-electron chi connectivity index (χ1n) is 9.15. The van der Waals surface area contributed by atoms with E-state index >= 15 is 0 Å². The molecule has 0 aliphatic carbocycles. The van der Waals surface area contributed by atoms with Gasteiger partial charge in [-0.1, -0.05) is 41.9 Å². The summed E-state index contributed by atoms with van der Waals surface area (Å²) in [6.45, 7) is 3.59. The largest absolute Gasteiger partial charge is 0.505 e. The number of benzene rings is 2. The van der Waals surface area contributed by atoms with Gasteiger partial charge in [0.1, 0.15) is 22.9 Å². The van der Waals surface area contributed by atoms with E-state index in [2.05, 4.69) is 15.3 Å². The number of nitrogens with zero attached hydrogens (tertiary/aromatic N) is 2. The van der Waals surface area contributed by atoms with Gasteiger partial charge in [0.2, 0.25) is 0 Å². The van der Waals surface area contributed by atoms with Crippen LogP contribution in [0.25, 0.3) is 10.9 Å². The Kier molecular flexibility index (Phi) is 5.07. The number of pyridine rings is 2. The summed E-state index contributed by atoms with van der Waals surface area (Å²) >= 11 is 6.09. The fourth-order valence-electron chi connectivity index (χ4n) is 3.27. The maximum Gasteiger partial charge on any atom is 0.147 e. The number of anilines is 1. The van der Waals surface area contributed by atoms with E-state index in [1.165, 1.54) is 6.07 Å². The smallest absolute Gasteiger partial charge is 0.147 e. The molecule has 0 radical (unpaired) electrons. The zero-order valence-electron chi connectivity index (χ0n) is 15.9. The van der Waals surface area contributed by atoms with Crippen molar-refractivity contribution in [3.8, 4) is 5.75 Å². The van der Waals surface area contributed by atoms with Crippen LogP contribution >= 0.6 is 11.6 Å². The summed E-state index contributed by atoms with van der Waals surface area (Å²) in [6.07, 6.45) is 3.19. The number of phenols is 1. The zero-order chi connectivity index (χ0) is 20.5. The van der Waals surface area contributed by atoms with Crippen LogP contribution in [-0.2, 0) is 0 Å². The van der Waals surface area contributed by atoms with Gasteiger partial charge in [0.05, 0.1) is 11.1 Å². The summed E-state index contributed by atoms with van der Waals surface area (Å²) in [5.74, 6) is 0.304. The van der Waals surface area contributed by atoms with Crippen LogP contribution in [0.3, 0.4) is 0 Å². The molecule has 0 aliphatic rings. The lowest BCUT2D eigenvalue weighted by Crippen LogP contribution is -2.14. The maximum absolute atomic E-state index is 14.3. The van der Waals surface area contributed by atoms with Gasteiger partial charge < -0.3 is 10.4 Å². The number of nitrogens with one attached hydrogen (secondary N) is 1. The molecule has 6 heteroatoms. The first-order valence-corrected chi connectivity index (χ1v) is 9.53. The van der Waals surface area contributed by atoms with E-state index in [1.807, 2.05) is 43.3 Å². The standard InChI is InChI=1S/C23H19ClFN3O/c1-13-5-6-16(11-19(13)25)21(28-20-10-14(2)18(24)12-27-20)17-8-7-15-4-3-9-26-22(15)23(17)29/h3-12,21,29H,1-2H3,(H,27,28). The zero-order valence-corrected chi connectivity index (χ0v) is 16.7. The average Bonchev–Trinajstić information content (AvgIpc) is 2.72. The summed E-state index contributed by atoms with van der Waals surface area (Å²) in [7, 11) is 0. The lowest BCUT2D eigenvalue weighted by Gasteiger charge is -2.22. The summed E-state index contributed by atoms with van der Waals surface area (Å²) in [6, 6.07) is 13.7. The number of aromatic nitrogens is 2. The van der Waals surface area contributed by atoms with E-state index < -0.39 is 6.04 Å². The first kappa shape index (κ1) is 19.2. The second-order valence-electron chi connectivity index (χ2n) is 6.98. The van der Waals surface area contributed by atoms with Crippen LogP contribution in [-0.4, -0.2) is 15.1 Å². The Labute approximate surface area is 173 Å². The minimum absolute atomic E-state index is 0.0484. The van der Waals surface area contributed by atoms with Crippen molar-refractivity contribution in [2.75, 3.05) is 5.32 Å². The number of rotatable bonds is 4. The van der Waals surface area contributed by atoms with E-state index in [1.54, 1.807) is 25.4 Å². The highest BCUT2D eigenvalue weighted by Gasteiger charge is 2.21. The van der Waals surface area contributed by atoms with E-state index in [0.29, 0.717) is 33.0 Å². The SMILES string of the molecule is Cc1ccc(C(Nc2cc(C)c(Cl)cn2)c2ccc3cccnc3c2O)cc1F. The average molecular weight is 408 g/mol. The molecular formula is C23H19ClFN3O. The predicted octanol–water partition coefficient (Wildman–Crippen LogP) is 5.95. The van der Waals surface area contributed by atoms with Crippen LogP contribution in [0.1, 0.15) is 28.3 Å². The van der Waals surface area contributed by atoms with E-state index in [4.69, 9.17) is 11.6 Å². The molecule has 0 aliphatic heterocycles. The molecule has 0 amide bonds. The molecule has 4 nitrogen and oxygen atoms in total. The highest BCUT2D eigenvalue weighted by molar-refractivity contribution is 6.31. The van der Waals surface area contributed by atoms with Gasteiger partial charge in [0.15, 0.2) is 0 Å². The fraction of sp³-hybridized carbons (Fsp3) is 0.130. The Balaban J connectivity index is 1.86. The first-order chi connectivity index (χ1) is 13.9. The van der Waals surface area contributed by atoms with Crippen LogP contribution in [0.15, 0.2) is 60.9 Å². The second kappa shape index (κ2) is 7.68. The lowest BCUT2D eigenvalue weighted by atomic mass is 9.95. The van der Waals surface area contributed by atoms with Gasteiger partial charge in [-0.25, -0.2) is 9.37 Å². The summed E-state index contributed by atoms with van der Waals surface area (Å²) in [4.78, 5) is 8.62. The molecule has 0 bridgehead atoms. The lowest BCUT2D eigenvalue weighted by molar-refractivity contribution is 0.471. The Hall–Kier alpha value is -3.18. The number of hydrogen-bond acceptors (Lipinski definition) is 4. The fourth-order valence-corrected chi connectivity index (χ4v) is 3.38. The van der Waals surface area contributed by atoms with Crippen LogP contribution in [0.2, 0.25) is 5.02 Å². The van der Waals surface area contributed by atoms with Crippen molar-refractivity contribution in [3.63, 3.8) is 0 Å². The van der Waals surface area contributed by atoms with Crippen LogP contribution in [0.5, 0.6) is 5.75 Å². The molecule has 29 heavy (non-hydrogen) atoms. The van der Waals surface area contributed by atoms with Gasteiger partial charge in [-0.3, -0.25) is 4.98 Å². The molecule has 0 saturated heterocycles. The Morgan fingerprint density at radius 2 is 1.86 bits per heavy atom. The molecule has 0 saturated carbocycles. The van der Waals surface area contributed by atoms with Gasteiger partial charge in [-0.2, -0.15) is 0 Å². The number of halogens is 2. The molecule has 146 valence electrons. The topological polar surface area (TPSA) is 58.0 Å². The number of hydrogen-bond donors (Lipinski definition) is 2. The molecular weight excluding hydrogens is 389 g/mol. The third kappa shape index (κ3) is 3.74. The Bertz CT molecular complexity index is 1210. The van der Waals surface area contributed by atoms with Crippen LogP contribution in [0, 0.1) is 19.7 Å². The third-order valence-electron chi connectivity index (χ3n) is 4.96. The van der Waals surface area contributed by atoms with Crippen molar-refractivity contribution in [2.45, 2.75) is 19.9 Å². The van der Waals surface area contributed by atoms with Gasteiger partial charge >= 0.3 is 0 Å². The van der Waals surface area contributed by atoms with Crippen molar-refractivity contribution in [1.29, 1.82) is 0 Å². The second-order valence-corrected chi connectivity index (χ2v) is 7.39. The molecule has 4 rings (SSSR count). The number of aryl methyl sites for hydroxylation is 2. The molecule has 4 aromatic rings. The monoisotopic (exact) mass is 407 g/mol. The van der Waals surface area contributed by atoms with Gasteiger partial charge in [0.25, 0.3) is 0 Å². The maximum atomic E-state index is 14.3. The van der Waals surface area contributed by atoms with Crippen molar-refractivity contribution in [2.24, 2.45) is 0 Å². The minimum atomic E-state index is -0.537. The van der Waals surface area contributed by atoms with Crippen molar-refractivity contribution in [1.82, 2.24) is 9.97 Å². The third-order valence-corrected chi connectivity index (χ3v) is 5.35. The van der Waals surface area contributed by atoms with Crippen molar-refractivity contribution in [3.05, 3.63) is 94.0 Å². The number of fused-ring (bicyclic) bond motifs is 1. The van der Waals surface area contributed by atoms with Crippen LogP contribution in [0.4, 0.5) is 10.2 Å². The highest BCUT2D eigenvalue weighted by atomic mass is 35.5. The molecule has 0 spiro atoms. The molecule has 2 N–H and O–H groups in total.